The molecule has 0 atom stereocenters. The second-order valence-electron chi connectivity index (χ2n) is 3.60. The van der Waals surface area contributed by atoms with E-state index in [0.717, 1.165) is 12.8 Å². The van der Waals surface area contributed by atoms with Crippen LogP contribution in [0.4, 0.5) is 11.6 Å². The zero-order valence-electron chi connectivity index (χ0n) is 10.3. The van der Waals surface area contributed by atoms with E-state index in [1.807, 2.05) is 0 Å². The van der Waals surface area contributed by atoms with Crippen LogP contribution in [0.1, 0.15) is 19.3 Å². The number of hydrazine groups is 1. The molecule has 0 aliphatic carbocycles. The summed E-state index contributed by atoms with van der Waals surface area (Å²) in [6, 6.07) is 0. The average molecular weight is 254 g/mol. The summed E-state index contributed by atoms with van der Waals surface area (Å²) in [4.78, 5) is 18.5. The number of nitrogen functional groups attached to an aromatic ring is 1. The summed E-state index contributed by atoms with van der Waals surface area (Å²) in [7, 11) is 1.51. The van der Waals surface area contributed by atoms with Gasteiger partial charge in [0.15, 0.2) is 11.6 Å². The highest BCUT2D eigenvalue weighted by Crippen LogP contribution is 2.27. The van der Waals surface area contributed by atoms with Crippen molar-refractivity contribution < 1.29 is 9.53 Å². The fraction of sp³-hybridized carbons (Fsp3) is 0.500. The molecule has 8 nitrogen and oxygen atoms in total. The molecule has 1 amide bonds. The van der Waals surface area contributed by atoms with Crippen molar-refractivity contribution in [2.45, 2.75) is 19.3 Å². The number of nitrogens with two attached hydrogens (primary N) is 2. The topological polar surface area (TPSA) is 128 Å². The number of methoxy groups -OCH3 is 1. The van der Waals surface area contributed by atoms with Gasteiger partial charge in [0.05, 0.1) is 7.11 Å². The summed E-state index contributed by atoms with van der Waals surface area (Å²) in [5.41, 5.74) is 7.47. The Hall–Kier alpha value is -2.09. The van der Waals surface area contributed by atoms with Gasteiger partial charge in [-0.05, 0) is 12.8 Å². The number of hydrogen-bond donors (Lipinski definition) is 4. The molecule has 8 heteroatoms. The fourth-order valence-corrected chi connectivity index (χ4v) is 1.43. The van der Waals surface area contributed by atoms with Gasteiger partial charge in [-0.2, -0.15) is 0 Å². The van der Waals surface area contributed by atoms with E-state index in [0.29, 0.717) is 30.4 Å². The van der Waals surface area contributed by atoms with Crippen LogP contribution in [0.15, 0.2) is 6.33 Å². The molecule has 0 saturated carbocycles. The van der Waals surface area contributed by atoms with Crippen LogP contribution in [0.2, 0.25) is 0 Å². The second kappa shape index (κ2) is 7.28. The molecule has 0 saturated heterocycles. The highest BCUT2D eigenvalue weighted by atomic mass is 16.5. The Morgan fingerprint density at radius 3 is 2.72 bits per heavy atom. The van der Waals surface area contributed by atoms with Crippen molar-refractivity contribution in [1.82, 2.24) is 9.97 Å². The molecule has 1 aromatic heterocycles. The van der Waals surface area contributed by atoms with Crippen LogP contribution < -0.4 is 27.1 Å². The normalized spacial score (nSPS) is 9.89. The maximum Gasteiger partial charge on any atom is 0.217 e. The third-order valence-electron chi connectivity index (χ3n) is 2.29. The number of aromatic nitrogens is 2. The summed E-state index contributed by atoms with van der Waals surface area (Å²) < 4.78 is 5.16. The van der Waals surface area contributed by atoms with Crippen LogP contribution in [0.25, 0.3) is 0 Å². The second-order valence-corrected chi connectivity index (χ2v) is 3.60. The van der Waals surface area contributed by atoms with Gasteiger partial charge in [-0.3, -0.25) is 4.79 Å². The van der Waals surface area contributed by atoms with Crippen LogP contribution in [0.5, 0.6) is 5.75 Å². The molecule has 0 aromatic carbocycles. The summed E-state index contributed by atoms with van der Waals surface area (Å²) in [5.74, 6) is 6.44. The lowest BCUT2D eigenvalue weighted by Gasteiger charge is -2.12. The lowest BCUT2D eigenvalue weighted by molar-refractivity contribution is -0.118. The van der Waals surface area contributed by atoms with E-state index in [9.17, 15) is 4.79 Å². The Balaban J connectivity index is 2.49. The van der Waals surface area contributed by atoms with Crippen molar-refractivity contribution in [1.29, 1.82) is 0 Å². The van der Waals surface area contributed by atoms with Gasteiger partial charge in [0.25, 0.3) is 0 Å². The molecular weight excluding hydrogens is 236 g/mol. The first-order valence-electron chi connectivity index (χ1n) is 5.56. The van der Waals surface area contributed by atoms with Gasteiger partial charge < -0.3 is 21.2 Å². The number of anilines is 2. The van der Waals surface area contributed by atoms with E-state index in [2.05, 4.69) is 20.7 Å². The highest BCUT2D eigenvalue weighted by molar-refractivity contribution is 5.73. The Morgan fingerprint density at radius 2 is 2.11 bits per heavy atom. The number of amides is 1. The van der Waals surface area contributed by atoms with E-state index in [1.165, 1.54) is 13.4 Å². The summed E-state index contributed by atoms with van der Waals surface area (Å²) >= 11 is 0. The van der Waals surface area contributed by atoms with Crippen LogP contribution in [-0.4, -0.2) is 29.5 Å². The van der Waals surface area contributed by atoms with Gasteiger partial charge in [-0.15, -0.1) is 0 Å². The van der Waals surface area contributed by atoms with Crippen molar-refractivity contribution in [3.63, 3.8) is 0 Å². The van der Waals surface area contributed by atoms with Crippen molar-refractivity contribution in [3.8, 4) is 5.75 Å². The van der Waals surface area contributed by atoms with Crippen molar-refractivity contribution in [3.05, 3.63) is 6.33 Å². The number of hydrogen-bond acceptors (Lipinski definition) is 7. The monoisotopic (exact) mass is 254 g/mol. The zero-order valence-corrected chi connectivity index (χ0v) is 10.3. The Kier molecular flexibility index (Phi) is 5.65. The molecule has 0 aliphatic rings. The smallest absolute Gasteiger partial charge is 0.217 e. The molecule has 0 bridgehead atoms. The summed E-state index contributed by atoms with van der Waals surface area (Å²) in [5, 5.41) is 3.09. The SMILES string of the molecule is COc1c(NN)ncnc1NCCCCC(N)=O. The number of carbonyl (C=O) groups is 1. The van der Waals surface area contributed by atoms with Crippen molar-refractivity contribution in [2.75, 3.05) is 24.4 Å². The maximum atomic E-state index is 10.6. The number of nitrogens with one attached hydrogen (secondary N) is 2. The number of carbonyl (C=O) groups excluding carboxylic acids is 1. The number of primary amides is 1. The molecule has 1 aromatic rings. The fourth-order valence-electron chi connectivity index (χ4n) is 1.43. The number of rotatable bonds is 8. The number of nitrogens with zero attached hydrogens (tertiary/aromatic N) is 2. The lowest BCUT2D eigenvalue weighted by atomic mass is 10.2. The third kappa shape index (κ3) is 4.06. The van der Waals surface area contributed by atoms with Crippen LogP contribution in [0, 0.1) is 0 Å². The quantitative estimate of drug-likeness (QED) is 0.288. The molecular formula is C10H18N6O2. The first-order valence-corrected chi connectivity index (χ1v) is 5.56. The highest BCUT2D eigenvalue weighted by Gasteiger charge is 2.10. The predicted molar refractivity (Wildman–Crippen MR) is 67.9 cm³/mol. The Morgan fingerprint density at radius 1 is 1.39 bits per heavy atom. The van der Waals surface area contributed by atoms with E-state index >= 15 is 0 Å². The molecule has 0 unspecified atom stereocenters. The Labute approximate surface area is 105 Å². The molecule has 0 fully saturated rings. The molecule has 100 valence electrons. The van der Waals surface area contributed by atoms with Gasteiger partial charge in [0.2, 0.25) is 11.7 Å². The van der Waals surface area contributed by atoms with Gasteiger partial charge in [0, 0.05) is 13.0 Å². The number of unbranched alkanes of at least 4 members (excludes halogenated alkanes) is 1. The van der Waals surface area contributed by atoms with E-state index in [-0.39, 0.29) is 5.91 Å². The Bertz CT molecular complexity index is 398. The minimum atomic E-state index is -0.288. The summed E-state index contributed by atoms with van der Waals surface area (Å²) in [6.45, 7) is 0.657. The lowest BCUT2D eigenvalue weighted by Crippen LogP contribution is -2.13. The van der Waals surface area contributed by atoms with E-state index in [4.69, 9.17) is 16.3 Å². The largest absolute Gasteiger partial charge is 0.490 e. The zero-order chi connectivity index (χ0) is 13.4. The first kappa shape index (κ1) is 14.0. The maximum absolute atomic E-state index is 10.6. The van der Waals surface area contributed by atoms with Crippen molar-refractivity contribution in [2.24, 2.45) is 11.6 Å². The summed E-state index contributed by atoms with van der Waals surface area (Å²) in [6.07, 6.45) is 3.31. The minimum Gasteiger partial charge on any atom is -0.490 e. The molecule has 0 radical (unpaired) electrons. The third-order valence-corrected chi connectivity index (χ3v) is 2.29. The molecule has 18 heavy (non-hydrogen) atoms. The van der Waals surface area contributed by atoms with Gasteiger partial charge >= 0.3 is 0 Å². The van der Waals surface area contributed by atoms with E-state index < -0.39 is 0 Å². The molecule has 0 spiro atoms. The van der Waals surface area contributed by atoms with Crippen LogP contribution in [0.3, 0.4) is 0 Å². The minimum absolute atomic E-state index is 0.288. The molecule has 0 aliphatic heterocycles. The van der Waals surface area contributed by atoms with Crippen molar-refractivity contribution >= 4 is 17.5 Å². The predicted octanol–water partition coefficient (Wildman–Crippen LogP) is -0.162. The van der Waals surface area contributed by atoms with Gasteiger partial charge in [-0.1, -0.05) is 0 Å². The molecule has 1 rings (SSSR count). The molecule has 1 heterocycles. The van der Waals surface area contributed by atoms with Gasteiger partial charge in [0.1, 0.15) is 6.33 Å². The van der Waals surface area contributed by atoms with Crippen LogP contribution >= 0.6 is 0 Å². The first-order chi connectivity index (χ1) is 8.69. The number of ether oxygens (including phenoxy) is 1. The van der Waals surface area contributed by atoms with E-state index in [1.54, 1.807) is 0 Å². The standard InChI is InChI=1S/C10H18N6O2/c1-18-8-9(14-6-15-10(8)16-12)13-5-3-2-4-7(11)17/h6H,2-5,12H2,1H3,(H2,11,17)(H2,13,14,15,16). The molecule has 6 N–H and O–H groups in total. The average Bonchev–Trinajstić information content (AvgIpc) is 2.37. The van der Waals surface area contributed by atoms with Crippen LogP contribution in [-0.2, 0) is 4.79 Å². The van der Waals surface area contributed by atoms with Gasteiger partial charge in [-0.25, -0.2) is 15.8 Å².